The minimum Gasteiger partial charge on any atom is -0.254 e. The molecule has 0 unspecified atom stereocenters. The molecule has 2 aromatic heterocycles. The van der Waals surface area contributed by atoms with Crippen molar-refractivity contribution in [2.45, 2.75) is 39.5 Å². The molecule has 0 bridgehead atoms. The van der Waals surface area contributed by atoms with Gasteiger partial charge in [-0.3, -0.25) is 9.97 Å². The number of hydrogen-bond donors (Lipinski definition) is 0. The molecule has 2 heterocycles. The van der Waals surface area contributed by atoms with Crippen LogP contribution < -0.4 is 0 Å². The van der Waals surface area contributed by atoms with E-state index in [2.05, 4.69) is 55.9 Å². The number of nitrogens with zero attached hydrogens (tertiary/aromatic N) is 2. The van der Waals surface area contributed by atoms with Crippen molar-refractivity contribution in [3.63, 3.8) is 0 Å². The molecular formula is C16H20N2. The number of aromatic nitrogens is 2. The Morgan fingerprint density at radius 3 is 2.39 bits per heavy atom. The minimum absolute atomic E-state index is 0.142. The molecule has 2 heteroatoms. The highest BCUT2D eigenvalue weighted by atomic mass is 14.8. The molecule has 2 rings (SSSR count). The Bertz CT molecular complexity index is 522. The first-order chi connectivity index (χ1) is 8.52. The summed E-state index contributed by atoms with van der Waals surface area (Å²) in [5.74, 6) is 0. The highest BCUT2D eigenvalue weighted by molar-refractivity contribution is 5.58. The maximum atomic E-state index is 4.56. The average Bonchev–Trinajstić information content (AvgIpc) is 2.38. The first-order valence-corrected chi connectivity index (χ1v) is 6.43. The van der Waals surface area contributed by atoms with E-state index < -0.39 is 0 Å². The molecule has 94 valence electrons. The molecule has 0 saturated carbocycles. The van der Waals surface area contributed by atoms with E-state index in [4.69, 9.17) is 0 Å². The van der Waals surface area contributed by atoms with Crippen LogP contribution in [0, 0.1) is 0 Å². The van der Waals surface area contributed by atoms with E-state index in [1.807, 2.05) is 18.5 Å². The van der Waals surface area contributed by atoms with Gasteiger partial charge >= 0.3 is 0 Å². The quantitative estimate of drug-likeness (QED) is 0.792. The lowest BCUT2D eigenvalue weighted by molar-refractivity contribution is 0.587. The van der Waals surface area contributed by atoms with Crippen LogP contribution in [0.2, 0.25) is 0 Å². The molecule has 0 saturated heterocycles. The van der Waals surface area contributed by atoms with Gasteiger partial charge in [0.1, 0.15) is 0 Å². The van der Waals surface area contributed by atoms with Gasteiger partial charge in [0.2, 0.25) is 0 Å². The SMILES string of the molecule is CCc1cccnc1-c1ccc(C(C)(C)C)cn1. The van der Waals surface area contributed by atoms with Crippen LogP contribution in [0.5, 0.6) is 0 Å². The number of rotatable bonds is 2. The van der Waals surface area contributed by atoms with Crippen molar-refractivity contribution in [3.05, 3.63) is 47.8 Å². The summed E-state index contributed by atoms with van der Waals surface area (Å²) in [6, 6.07) is 8.31. The van der Waals surface area contributed by atoms with Crippen molar-refractivity contribution in [1.82, 2.24) is 9.97 Å². The fourth-order valence-corrected chi connectivity index (χ4v) is 1.93. The van der Waals surface area contributed by atoms with Gasteiger partial charge in [-0.25, -0.2) is 0 Å². The fourth-order valence-electron chi connectivity index (χ4n) is 1.93. The van der Waals surface area contributed by atoms with Crippen LogP contribution in [0.3, 0.4) is 0 Å². The first-order valence-electron chi connectivity index (χ1n) is 6.43. The van der Waals surface area contributed by atoms with Crippen LogP contribution in [-0.4, -0.2) is 9.97 Å². The molecular weight excluding hydrogens is 220 g/mol. The smallest absolute Gasteiger partial charge is 0.0917 e. The van der Waals surface area contributed by atoms with E-state index in [-0.39, 0.29) is 5.41 Å². The monoisotopic (exact) mass is 240 g/mol. The van der Waals surface area contributed by atoms with Crippen molar-refractivity contribution < 1.29 is 0 Å². The molecule has 0 aromatic carbocycles. The Morgan fingerprint density at radius 2 is 1.83 bits per heavy atom. The molecule has 0 atom stereocenters. The lowest BCUT2D eigenvalue weighted by Gasteiger charge is -2.18. The zero-order valence-corrected chi connectivity index (χ0v) is 11.6. The van der Waals surface area contributed by atoms with Crippen molar-refractivity contribution in [2.24, 2.45) is 0 Å². The first kappa shape index (κ1) is 12.7. The van der Waals surface area contributed by atoms with E-state index in [0.717, 1.165) is 17.8 Å². The van der Waals surface area contributed by atoms with Gasteiger partial charge in [-0.1, -0.05) is 39.8 Å². The maximum Gasteiger partial charge on any atom is 0.0917 e. The molecule has 0 aliphatic carbocycles. The van der Waals surface area contributed by atoms with Gasteiger partial charge in [-0.15, -0.1) is 0 Å². The number of hydrogen-bond acceptors (Lipinski definition) is 2. The topological polar surface area (TPSA) is 25.8 Å². The standard InChI is InChI=1S/C16H20N2/c1-5-12-7-6-10-17-15(12)14-9-8-13(11-18-14)16(2,3)4/h6-11H,5H2,1-4H3. The fraction of sp³-hybridized carbons (Fsp3) is 0.375. The van der Waals surface area contributed by atoms with E-state index in [1.54, 1.807) is 0 Å². The van der Waals surface area contributed by atoms with E-state index in [0.29, 0.717) is 0 Å². The van der Waals surface area contributed by atoms with Crippen LogP contribution >= 0.6 is 0 Å². The summed E-state index contributed by atoms with van der Waals surface area (Å²) in [5.41, 5.74) is 4.60. The normalized spacial score (nSPS) is 11.6. The van der Waals surface area contributed by atoms with Gasteiger partial charge in [0.25, 0.3) is 0 Å². The van der Waals surface area contributed by atoms with Gasteiger partial charge in [0.05, 0.1) is 11.4 Å². The van der Waals surface area contributed by atoms with Crippen molar-refractivity contribution >= 4 is 0 Å². The highest BCUT2D eigenvalue weighted by Gasteiger charge is 2.14. The molecule has 0 N–H and O–H groups in total. The lowest BCUT2D eigenvalue weighted by Crippen LogP contribution is -2.11. The lowest BCUT2D eigenvalue weighted by atomic mass is 9.88. The summed E-state index contributed by atoms with van der Waals surface area (Å²) in [6.07, 6.45) is 4.77. The summed E-state index contributed by atoms with van der Waals surface area (Å²) in [7, 11) is 0. The molecule has 0 aliphatic rings. The summed E-state index contributed by atoms with van der Waals surface area (Å²) < 4.78 is 0. The summed E-state index contributed by atoms with van der Waals surface area (Å²) in [5, 5.41) is 0. The Kier molecular flexibility index (Phi) is 3.46. The van der Waals surface area contributed by atoms with Gasteiger partial charge in [0, 0.05) is 12.4 Å². The summed E-state index contributed by atoms with van der Waals surface area (Å²) >= 11 is 0. The zero-order valence-electron chi connectivity index (χ0n) is 11.6. The van der Waals surface area contributed by atoms with E-state index >= 15 is 0 Å². The average molecular weight is 240 g/mol. The van der Waals surface area contributed by atoms with E-state index in [9.17, 15) is 0 Å². The Hall–Kier alpha value is -1.70. The van der Waals surface area contributed by atoms with Crippen molar-refractivity contribution in [3.8, 4) is 11.4 Å². The Morgan fingerprint density at radius 1 is 1.06 bits per heavy atom. The Balaban J connectivity index is 2.41. The second-order valence-corrected chi connectivity index (χ2v) is 5.55. The largest absolute Gasteiger partial charge is 0.254 e. The highest BCUT2D eigenvalue weighted by Crippen LogP contribution is 2.24. The molecule has 18 heavy (non-hydrogen) atoms. The molecule has 0 radical (unpaired) electrons. The third kappa shape index (κ3) is 2.58. The van der Waals surface area contributed by atoms with Crippen LogP contribution in [0.4, 0.5) is 0 Å². The van der Waals surface area contributed by atoms with E-state index in [1.165, 1.54) is 11.1 Å². The molecule has 0 spiro atoms. The zero-order chi connectivity index (χ0) is 13.2. The second kappa shape index (κ2) is 4.89. The molecule has 2 aromatic rings. The van der Waals surface area contributed by atoms with Crippen LogP contribution in [0.25, 0.3) is 11.4 Å². The van der Waals surface area contributed by atoms with Crippen LogP contribution in [0.15, 0.2) is 36.7 Å². The third-order valence-electron chi connectivity index (χ3n) is 3.14. The third-order valence-corrected chi connectivity index (χ3v) is 3.14. The predicted octanol–water partition coefficient (Wildman–Crippen LogP) is 4.00. The van der Waals surface area contributed by atoms with Crippen molar-refractivity contribution in [1.29, 1.82) is 0 Å². The summed E-state index contributed by atoms with van der Waals surface area (Å²) in [6.45, 7) is 8.73. The van der Waals surface area contributed by atoms with Crippen molar-refractivity contribution in [2.75, 3.05) is 0 Å². The number of pyridine rings is 2. The Labute approximate surface area is 109 Å². The molecule has 2 nitrogen and oxygen atoms in total. The predicted molar refractivity (Wildman–Crippen MR) is 75.5 cm³/mol. The van der Waals surface area contributed by atoms with Crippen LogP contribution in [0.1, 0.15) is 38.8 Å². The van der Waals surface area contributed by atoms with Gasteiger partial charge < -0.3 is 0 Å². The molecule has 0 aliphatic heterocycles. The minimum atomic E-state index is 0.142. The van der Waals surface area contributed by atoms with Gasteiger partial charge in [0.15, 0.2) is 0 Å². The number of aryl methyl sites for hydroxylation is 1. The van der Waals surface area contributed by atoms with Gasteiger partial charge in [-0.2, -0.15) is 0 Å². The molecule has 0 amide bonds. The van der Waals surface area contributed by atoms with Crippen LogP contribution in [-0.2, 0) is 11.8 Å². The maximum absolute atomic E-state index is 4.56. The molecule has 0 fully saturated rings. The second-order valence-electron chi connectivity index (χ2n) is 5.55. The summed E-state index contributed by atoms with van der Waals surface area (Å²) in [4.78, 5) is 9.01. The van der Waals surface area contributed by atoms with Gasteiger partial charge in [-0.05, 0) is 35.1 Å².